The largest absolute Gasteiger partial charge is 0.497 e. The number of ketones is 1. The number of amides is 2. The van der Waals surface area contributed by atoms with Crippen LogP contribution >= 0.6 is 0 Å². The molecule has 3 aromatic rings. The van der Waals surface area contributed by atoms with E-state index in [0.29, 0.717) is 23.5 Å². The van der Waals surface area contributed by atoms with Crippen LogP contribution in [0.25, 0.3) is 5.69 Å². The number of benzene rings is 2. The van der Waals surface area contributed by atoms with Crippen molar-refractivity contribution in [2.75, 3.05) is 37.4 Å². The van der Waals surface area contributed by atoms with Gasteiger partial charge in [0, 0.05) is 40.9 Å². The molecule has 0 aliphatic heterocycles. The molecule has 0 bridgehead atoms. The van der Waals surface area contributed by atoms with Gasteiger partial charge in [0.05, 0.1) is 20.2 Å². The lowest BCUT2D eigenvalue weighted by Crippen LogP contribution is -2.37. The number of anilines is 2. The third kappa shape index (κ3) is 6.58. The number of likely N-dealkylation sites (N-methyl/N-ethyl adjacent to an activating group) is 1. The van der Waals surface area contributed by atoms with E-state index in [1.165, 1.54) is 6.92 Å². The smallest absolute Gasteiger partial charge is 0.238 e. The number of hydrogen-bond acceptors (Lipinski definition) is 5. The first-order valence-corrected chi connectivity index (χ1v) is 11.5. The number of methoxy groups -OCH3 is 1. The maximum absolute atomic E-state index is 13.2. The molecule has 0 saturated carbocycles. The maximum atomic E-state index is 13.2. The van der Waals surface area contributed by atoms with Gasteiger partial charge in [0.1, 0.15) is 5.75 Å². The molecule has 35 heavy (non-hydrogen) atoms. The van der Waals surface area contributed by atoms with Crippen LogP contribution in [0.2, 0.25) is 0 Å². The van der Waals surface area contributed by atoms with Crippen LogP contribution in [0, 0.1) is 13.8 Å². The Bertz CT molecular complexity index is 1200. The quantitative estimate of drug-likeness (QED) is 0.428. The van der Waals surface area contributed by atoms with E-state index in [9.17, 15) is 14.4 Å². The summed E-state index contributed by atoms with van der Waals surface area (Å²) in [4.78, 5) is 38.7. The summed E-state index contributed by atoms with van der Waals surface area (Å²) in [5.41, 5.74) is 4.69. The molecule has 2 amide bonds. The fourth-order valence-corrected chi connectivity index (χ4v) is 3.99. The van der Waals surface area contributed by atoms with Crippen molar-refractivity contribution >= 4 is 29.0 Å². The second-order valence-electron chi connectivity index (χ2n) is 8.35. The summed E-state index contributed by atoms with van der Waals surface area (Å²) in [7, 11) is 1.63. The fourth-order valence-electron chi connectivity index (χ4n) is 3.99. The third-order valence-corrected chi connectivity index (χ3v) is 5.73. The molecule has 3 rings (SSSR count). The molecule has 0 radical (unpaired) electrons. The average molecular weight is 477 g/mol. The normalized spacial score (nSPS) is 10.8. The van der Waals surface area contributed by atoms with E-state index in [1.54, 1.807) is 31.4 Å². The standard InChI is InChI=1S/C27H32N4O4/c1-6-30(17-27(34)29-22-9-7-21(8-10-22)28-20(4)32)16-26(33)25-15-18(2)31(19(25)3)23-11-13-24(35-5)14-12-23/h7-15H,6,16-17H2,1-5H3,(H,28,32)(H,29,34). The molecule has 0 saturated heterocycles. The van der Waals surface area contributed by atoms with Gasteiger partial charge in [0.15, 0.2) is 5.78 Å². The number of Topliss-reactive ketones (excluding diaryl/α,β-unsaturated/α-hetero) is 1. The summed E-state index contributed by atoms with van der Waals surface area (Å²) in [6.45, 7) is 8.04. The zero-order chi connectivity index (χ0) is 25.5. The van der Waals surface area contributed by atoms with Gasteiger partial charge >= 0.3 is 0 Å². The Hall–Kier alpha value is -3.91. The minimum Gasteiger partial charge on any atom is -0.497 e. The molecule has 8 nitrogen and oxygen atoms in total. The molecule has 0 aliphatic carbocycles. The van der Waals surface area contributed by atoms with Crippen molar-refractivity contribution in [1.29, 1.82) is 0 Å². The molecule has 8 heteroatoms. The maximum Gasteiger partial charge on any atom is 0.238 e. The Morgan fingerprint density at radius 1 is 0.914 bits per heavy atom. The van der Waals surface area contributed by atoms with E-state index < -0.39 is 0 Å². The first-order valence-electron chi connectivity index (χ1n) is 11.5. The second kappa shape index (κ2) is 11.5. The van der Waals surface area contributed by atoms with Crippen molar-refractivity contribution in [3.8, 4) is 11.4 Å². The van der Waals surface area contributed by atoms with Crippen LogP contribution in [0.3, 0.4) is 0 Å². The number of nitrogens with zero attached hydrogens (tertiary/aromatic N) is 2. The number of carbonyl (C=O) groups excluding carboxylic acids is 3. The zero-order valence-electron chi connectivity index (χ0n) is 20.8. The van der Waals surface area contributed by atoms with Gasteiger partial charge in [-0.05, 0) is 75.0 Å². The highest BCUT2D eigenvalue weighted by Crippen LogP contribution is 2.23. The highest BCUT2D eigenvalue weighted by atomic mass is 16.5. The van der Waals surface area contributed by atoms with Crippen molar-refractivity contribution < 1.29 is 19.1 Å². The highest BCUT2D eigenvalue weighted by molar-refractivity contribution is 6.00. The average Bonchev–Trinajstić information content (AvgIpc) is 3.13. The molecule has 2 N–H and O–H groups in total. The Balaban J connectivity index is 1.64. The second-order valence-corrected chi connectivity index (χ2v) is 8.35. The number of ether oxygens (including phenoxy) is 1. The lowest BCUT2D eigenvalue weighted by Gasteiger charge is -2.19. The van der Waals surface area contributed by atoms with Crippen LogP contribution in [0.1, 0.15) is 35.6 Å². The van der Waals surface area contributed by atoms with Crippen LogP contribution in [0.5, 0.6) is 5.75 Å². The Kier molecular flexibility index (Phi) is 8.43. The summed E-state index contributed by atoms with van der Waals surface area (Å²) in [6.07, 6.45) is 0. The van der Waals surface area contributed by atoms with E-state index >= 15 is 0 Å². The lowest BCUT2D eigenvalue weighted by atomic mass is 10.1. The van der Waals surface area contributed by atoms with Crippen LogP contribution in [-0.2, 0) is 9.59 Å². The molecule has 0 atom stereocenters. The van der Waals surface area contributed by atoms with Gasteiger partial charge in [-0.1, -0.05) is 6.92 Å². The summed E-state index contributed by atoms with van der Waals surface area (Å²) in [5.74, 6) is 0.366. The van der Waals surface area contributed by atoms with Crippen molar-refractivity contribution in [2.24, 2.45) is 0 Å². The first-order chi connectivity index (χ1) is 16.7. The number of aromatic nitrogens is 1. The van der Waals surface area contributed by atoms with Crippen molar-refractivity contribution in [2.45, 2.75) is 27.7 Å². The van der Waals surface area contributed by atoms with Crippen molar-refractivity contribution in [3.05, 3.63) is 71.5 Å². The molecule has 184 valence electrons. The van der Waals surface area contributed by atoms with E-state index in [0.717, 1.165) is 22.8 Å². The predicted octanol–water partition coefficient (Wildman–Crippen LogP) is 4.20. The van der Waals surface area contributed by atoms with Crippen molar-refractivity contribution in [1.82, 2.24) is 9.47 Å². The van der Waals surface area contributed by atoms with Gasteiger partial charge in [-0.15, -0.1) is 0 Å². The van der Waals surface area contributed by atoms with Crippen LogP contribution < -0.4 is 15.4 Å². The topological polar surface area (TPSA) is 92.7 Å². The predicted molar refractivity (Wildman–Crippen MR) is 138 cm³/mol. The first kappa shape index (κ1) is 25.7. The molecule has 1 heterocycles. The zero-order valence-corrected chi connectivity index (χ0v) is 20.8. The fraction of sp³-hybridized carbons (Fsp3) is 0.296. The Morgan fingerprint density at radius 3 is 2.06 bits per heavy atom. The molecular weight excluding hydrogens is 444 g/mol. The number of rotatable bonds is 10. The summed E-state index contributed by atoms with van der Waals surface area (Å²) in [5, 5.41) is 5.52. The van der Waals surface area contributed by atoms with Crippen molar-refractivity contribution in [3.63, 3.8) is 0 Å². The number of aryl methyl sites for hydroxylation is 1. The molecule has 0 unspecified atom stereocenters. The minimum absolute atomic E-state index is 0.0350. The van der Waals surface area contributed by atoms with E-state index in [2.05, 4.69) is 10.6 Å². The van der Waals surface area contributed by atoms with Gasteiger partial charge in [0.2, 0.25) is 11.8 Å². The summed E-state index contributed by atoms with van der Waals surface area (Å²) in [6, 6.07) is 16.5. The van der Waals surface area contributed by atoms with Gasteiger partial charge in [-0.2, -0.15) is 0 Å². The van der Waals surface area contributed by atoms with Crippen LogP contribution in [-0.4, -0.2) is 53.8 Å². The lowest BCUT2D eigenvalue weighted by molar-refractivity contribution is -0.117. The monoisotopic (exact) mass is 476 g/mol. The Labute approximate surface area is 205 Å². The molecule has 0 spiro atoms. The molecular formula is C27H32N4O4. The summed E-state index contributed by atoms with van der Waals surface area (Å²) >= 11 is 0. The molecule has 1 aromatic heterocycles. The van der Waals surface area contributed by atoms with Gasteiger partial charge in [-0.3, -0.25) is 19.3 Å². The number of nitrogens with one attached hydrogen (secondary N) is 2. The third-order valence-electron chi connectivity index (χ3n) is 5.73. The van der Waals surface area contributed by atoms with E-state index in [-0.39, 0.29) is 30.7 Å². The van der Waals surface area contributed by atoms with E-state index in [1.807, 2.05) is 60.6 Å². The SMILES string of the molecule is CCN(CC(=O)Nc1ccc(NC(C)=O)cc1)CC(=O)c1cc(C)n(-c2ccc(OC)cc2)c1C. The van der Waals surface area contributed by atoms with Gasteiger partial charge < -0.3 is 19.9 Å². The number of hydrogen-bond donors (Lipinski definition) is 2. The molecule has 2 aromatic carbocycles. The Morgan fingerprint density at radius 2 is 1.51 bits per heavy atom. The molecule has 0 aliphatic rings. The van der Waals surface area contributed by atoms with Gasteiger partial charge in [-0.25, -0.2) is 0 Å². The van der Waals surface area contributed by atoms with E-state index in [4.69, 9.17) is 4.74 Å². The van der Waals surface area contributed by atoms with Gasteiger partial charge in [0.25, 0.3) is 0 Å². The number of carbonyl (C=O) groups is 3. The summed E-state index contributed by atoms with van der Waals surface area (Å²) < 4.78 is 7.28. The highest BCUT2D eigenvalue weighted by Gasteiger charge is 2.20. The van der Waals surface area contributed by atoms with Crippen LogP contribution in [0.15, 0.2) is 54.6 Å². The molecule has 0 fully saturated rings. The van der Waals surface area contributed by atoms with Crippen LogP contribution in [0.4, 0.5) is 11.4 Å². The minimum atomic E-state index is -0.212.